The number of fused-ring (bicyclic) bond motifs is 2. The first-order chi connectivity index (χ1) is 13.7. The number of imidazole rings is 1. The molecule has 3 heterocycles. The molecular formula is C20H19N7O. The van der Waals surface area contributed by atoms with E-state index >= 15 is 0 Å². The summed E-state index contributed by atoms with van der Waals surface area (Å²) < 4.78 is 1.92. The second-order valence-electron chi connectivity index (χ2n) is 6.22. The number of aromatic amines is 1. The van der Waals surface area contributed by atoms with Gasteiger partial charge < -0.3 is 15.9 Å². The fourth-order valence-corrected chi connectivity index (χ4v) is 3.39. The maximum absolute atomic E-state index is 12.1. The van der Waals surface area contributed by atoms with E-state index in [1.807, 2.05) is 34.9 Å². The lowest BCUT2D eigenvalue weighted by Gasteiger charge is -2.13. The number of H-pyrrole nitrogens is 1. The third-order valence-electron chi connectivity index (χ3n) is 4.72. The van der Waals surface area contributed by atoms with Crippen molar-refractivity contribution in [1.29, 1.82) is 0 Å². The Labute approximate surface area is 160 Å². The number of pyridine rings is 1. The number of hydrogen-bond acceptors (Lipinski definition) is 6. The lowest BCUT2D eigenvalue weighted by Crippen LogP contribution is -2.14. The second kappa shape index (κ2) is 7.09. The first-order valence-corrected chi connectivity index (χ1v) is 8.69. The fourth-order valence-electron chi connectivity index (χ4n) is 3.39. The Morgan fingerprint density at radius 2 is 2.18 bits per heavy atom. The normalized spacial score (nSPS) is 12.8. The van der Waals surface area contributed by atoms with E-state index < -0.39 is 0 Å². The van der Waals surface area contributed by atoms with Crippen LogP contribution in [-0.2, 0) is 6.54 Å². The highest BCUT2D eigenvalue weighted by atomic mass is 16.1. The first-order valence-electron chi connectivity index (χ1n) is 8.69. The zero-order valence-corrected chi connectivity index (χ0v) is 15.3. The molecule has 0 saturated heterocycles. The standard InChI is InChI=1S/C20H19N7O/c1-23-19(14-3-2-6-27-11-24-10-18(14)27)16(8-21)12-4-5-13-15(7-12)17(9-22)25-26-20(13)28/h2-8,10-11H,9,21-22H2,1H3,(H,26,28)/b16-8-,23-19?. The Morgan fingerprint density at radius 3 is 2.93 bits per heavy atom. The molecule has 4 rings (SSSR count). The van der Waals surface area contributed by atoms with Crippen LogP contribution in [0.3, 0.4) is 0 Å². The Hall–Kier alpha value is -3.78. The topological polar surface area (TPSA) is 127 Å². The van der Waals surface area contributed by atoms with Crippen LogP contribution in [0.25, 0.3) is 21.9 Å². The van der Waals surface area contributed by atoms with Crippen LogP contribution in [0.5, 0.6) is 0 Å². The van der Waals surface area contributed by atoms with Crippen molar-refractivity contribution < 1.29 is 0 Å². The Morgan fingerprint density at radius 1 is 1.32 bits per heavy atom. The maximum atomic E-state index is 12.1. The number of nitrogens with two attached hydrogens (primary N) is 2. The molecule has 0 unspecified atom stereocenters. The predicted molar refractivity (Wildman–Crippen MR) is 110 cm³/mol. The summed E-state index contributed by atoms with van der Waals surface area (Å²) in [5.74, 6) is 0. The minimum atomic E-state index is -0.259. The van der Waals surface area contributed by atoms with E-state index in [0.29, 0.717) is 16.5 Å². The van der Waals surface area contributed by atoms with Gasteiger partial charge in [0.25, 0.3) is 5.56 Å². The summed E-state index contributed by atoms with van der Waals surface area (Å²) in [4.78, 5) is 20.8. The van der Waals surface area contributed by atoms with Gasteiger partial charge in [0.2, 0.25) is 0 Å². The Bertz CT molecular complexity index is 1300. The third-order valence-corrected chi connectivity index (χ3v) is 4.72. The molecule has 3 aromatic heterocycles. The molecule has 8 heteroatoms. The van der Waals surface area contributed by atoms with Gasteiger partial charge in [0.05, 0.1) is 34.8 Å². The largest absolute Gasteiger partial charge is 0.404 e. The molecule has 140 valence electrons. The van der Waals surface area contributed by atoms with E-state index in [1.165, 1.54) is 6.20 Å². The van der Waals surface area contributed by atoms with Crippen LogP contribution in [0.2, 0.25) is 0 Å². The van der Waals surface area contributed by atoms with Crippen molar-refractivity contribution in [3.63, 3.8) is 0 Å². The number of hydrogen-bond donors (Lipinski definition) is 3. The first kappa shape index (κ1) is 17.6. The molecule has 0 spiro atoms. The monoisotopic (exact) mass is 373 g/mol. The van der Waals surface area contributed by atoms with Crippen LogP contribution in [0, 0.1) is 0 Å². The highest BCUT2D eigenvalue weighted by Gasteiger charge is 2.16. The van der Waals surface area contributed by atoms with E-state index in [-0.39, 0.29) is 12.1 Å². The van der Waals surface area contributed by atoms with E-state index in [0.717, 1.165) is 27.9 Å². The van der Waals surface area contributed by atoms with Gasteiger partial charge in [-0.3, -0.25) is 9.79 Å². The number of nitrogens with one attached hydrogen (secondary N) is 1. The van der Waals surface area contributed by atoms with Crippen LogP contribution in [0.15, 0.2) is 65.0 Å². The van der Waals surface area contributed by atoms with Crippen molar-refractivity contribution in [1.82, 2.24) is 19.6 Å². The van der Waals surface area contributed by atoms with Crippen molar-refractivity contribution in [3.05, 3.63) is 82.4 Å². The maximum Gasteiger partial charge on any atom is 0.272 e. The molecule has 5 N–H and O–H groups in total. The summed E-state index contributed by atoms with van der Waals surface area (Å²) in [6, 6.07) is 9.38. The van der Waals surface area contributed by atoms with Crippen LogP contribution in [-0.4, -0.2) is 32.3 Å². The summed E-state index contributed by atoms with van der Waals surface area (Å²) in [7, 11) is 1.72. The van der Waals surface area contributed by atoms with Crippen molar-refractivity contribution in [2.24, 2.45) is 16.5 Å². The summed E-state index contributed by atoms with van der Waals surface area (Å²) in [6.45, 7) is 0.211. The lowest BCUT2D eigenvalue weighted by atomic mass is 9.94. The molecule has 0 fully saturated rings. The van der Waals surface area contributed by atoms with Crippen LogP contribution in [0.4, 0.5) is 0 Å². The molecule has 0 radical (unpaired) electrons. The summed E-state index contributed by atoms with van der Waals surface area (Å²) in [5, 5.41) is 7.75. The van der Waals surface area contributed by atoms with E-state index in [9.17, 15) is 4.79 Å². The van der Waals surface area contributed by atoms with E-state index in [4.69, 9.17) is 11.5 Å². The summed E-state index contributed by atoms with van der Waals surface area (Å²) >= 11 is 0. The average molecular weight is 373 g/mol. The highest BCUT2D eigenvalue weighted by molar-refractivity contribution is 6.33. The number of allylic oxidation sites excluding steroid dienone is 1. The minimum absolute atomic E-state index is 0.211. The molecule has 1 aromatic carbocycles. The molecule has 0 saturated carbocycles. The molecule has 4 aromatic rings. The zero-order chi connectivity index (χ0) is 19.7. The molecular weight excluding hydrogens is 354 g/mol. The SMILES string of the molecule is CN=C(/C(=C\N)c1ccc2c(=O)[nH]nc(CN)c2c1)c1cccn2cncc12. The van der Waals surface area contributed by atoms with Gasteiger partial charge in [0.1, 0.15) is 0 Å². The van der Waals surface area contributed by atoms with Crippen molar-refractivity contribution >= 4 is 27.6 Å². The number of aliphatic imine (C=N–C) groups is 1. The van der Waals surface area contributed by atoms with E-state index in [2.05, 4.69) is 20.2 Å². The lowest BCUT2D eigenvalue weighted by molar-refractivity contribution is 0.900. The van der Waals surface area contributed by atoms with Gasteiger partial charge in [-0.15, -0.1) is 0 Å². The third kappa shape index (κ3) is 2.76. The predicted octanol–water partition coefficient (Wildman–Crippen LogP) is 1.45. The van der Waals surface area contributed by atoms with Crippen LogP contribution in [0.1, 0.15) is 16.8 Å². The molecule has 0 aliphatic carbocycles. The fraction of sp³-hybridized carbons (Fsp3) is 0.100. The van der Waals surface area contributed by atoms with Crippen molar-refractivity contribution in [2.45, 2.75) is 6.54 Å². The van der Waals surface area contributed by atoms with Gasteiger partial charge in [-0.2, -0.15) is 5.10 Å². The second-order valence-corrected chi connectivity index (χ2v) is 6.22. The summed E-state index contributed by atoms with van der Waals surface area (Å²) in [5.41, 5.74) is 16.3. The number of aromatic nitrogens is 4. The number of benzene rings is 1. The summed E-state index contributed by atoms with van der Waals surface area (Å²) in [6.07, 6.45) is 6.96. The average Bonchev–Trinajstić information content (AvgIpc) is 3.21. The molecule has 0 amide bonds. The highest BCUT2D eigenvalue weighted by Crippen LogP contribution is 2.26. The zero-order valence-electron chi connectivity index (χ0n) is 15.3. The van der Waals surface area contributed by atoms with Crippen molar-refractivity contribution in [3.8, 4) is 0 Å². The van der Waals surface area contributed by atoms with Gasteiger partial charge in [-0.1, -0.05) is 6.07 Å². The van der Waals surface area contributed by atoms with Gasteiger partial charge in [0, 0.05) is 42.5 Å². The van der Waals surface area contributed by atoms with E-state index in [1.54, 1.807) is 25.6 Å². The van der Waals surface area contributed by atoms with Gasteiger partial charge in [-0.25, -0.2) is 10.1 Å². The molecule has 28 heavy (non-hydrogen) atoms. The minimum Gasteiger partial charge on any atom is -0.404 e. The van der Waals surface area contributed by atoms with Gasteiger partial charge >= 0.3 is 0 Å². The molecule has 0 atom stereocenters. The smallest absolute Gasteiger partial charge is 0.272 e. The number of nitrogens with zero attached hydrogens (tertiary/aromatic N) is 4. The van der Waals surface area contributed by atoms with Gasteiger partial charge in [-0.05, 0) is 29.8 Å². The Balaban J connectivity index is 1.91. The molecule has 8 nitrogen and oxygen atoms in total. The van der Waals surface area contributed by atoms with Gasteiger partial charge in [0.15, 0.2) is 0 Å². The Kier molecular flexibility index (Phi) is 4.46. The van der Waals surface area contributed by atoms with Crippen LogP contribution >= 0.6 is 0 Å². The van der Waals surface area contributed by atoms with Crippen molar-refractivity contribution in [2.75, 3.05) is 7.05 Å². The molecule has 0 aliphatic rings. The van der Waals surface area contributed by atoms with Crippen LogP contribution < -0.4 is 17.0 Å². The number of rotatable bonds is 4. The molecule has 0 aliphatic heterocycles. The quantitative estimate of drug-likeness (QED) is 0.467. The molecule has 0 bridgehead atoms.